The molecule has 1 saturated heterocycles. The Hall–Kier alpha value is -2.05. The standard InChI is InChI=1S/C22H26BrN3O5S2/c1-2-32(28,29)25-15-19-11-12-26(16-19)33(30,31)21-9-5-17(6-10-21)13-22(27)24-14-18-3-7-20(23)8-4-18/h2-10,19,25H,1,11-16H2,(H,24,27)/t19-/m1/s1. The minimum atomic E-state index is -3.69. The smallest absolute Gasteiger partial charge is 0.243 e. The fraction of sp³-hybridized carbons (Fsp3) is 0.318. The largest absolute Gasteiger partial charge is 0.352 e. The van der Waals surface area contributed by atoms with Gasteiger partial charge in [-0.15, -0.1) is 0 Å². The molecule has 0 radical (unpaired) electrons. The van der Waals surface area contributed by atoms with Crippen molar-refractivity contribution in [2.45, 2.75) is 24.3 Å². The average Bonchev–Trinajstić information content (AvgIpc) is 3.28. The third kappa shape index (κ3) is 7.21. The Labute approximate surface area is 203 Å². The average molecular weight is 557 g/mol. The van der Waals surface area contributed by atoms with Crippen LogP contribution in [0.25, 0.3) is 0 Å². The molecule has 0 aromatic heterocycles. The molecular weight excluding hydrogens is 530 g/mol. The summed E-state index contributed by atoms with van der Waals surface area (Å²) in [6.45, 7) is 4.38. The van der Waals surface area contributed by atoms with E-state index < -0.39 is 20.0 Å². The first kappa shape index (κ1) is 25.6. The van der Waals surface area contributed by atoms with E-state index >= 15 is 0 Å². The van der Waals surface area contributed by atoms with Gasteiger partial charge >= 0.3 is 0 Å². The number of hydrogen-bond acceptors (Lipinski definition) is 5. The van der Waals surface area contributed by atoms with Gasteiger partial charge in [-0.1, -0.05) is 46.8 Å². The summed E-state index contributed by atoms with van der Waals surface area (Å²) in [6, 6.07) is 13.9. The maximum atomic E-state index is 12.9. The molecule has 0 aliphatic carbocycles. The van der Waals surface area contributed by atoms with E-state index in [0.717, 1.165) is 15.4 Å². The van der Waals surface area contributed by atoms with Gasteiger partial charge in [-0.3, -0.25) is 4.79 Å². The highest BCUT2D eigenvalue weighted by Gasteiger charge is 2.32. The van der Waals surface area contributed by atoms with Gasteiger partial charge in [0.1, 0.15) is 0 Å². The second-order valence-corrected chi connectivity index (χ2v) is 12.4. The van der Waals surface area contributed by atoms with E-state index in [0.29, 0.717) is 25.1 Å². The van der Waals surface area contributed by atoms with E-state index in [4.69, 9.17) is 0 Å². The number of benzene rings is 2. The number of sulfonamides is 2. The molecule has 33 heavy (non-hydrogen) atoms. The van der Waals surface area contributed by atoms with Crippen LogP contribution < -0.4 is 10.0 Å². The zero-order chi connectivity index (χ0) is 24.1. The highest BCUT2D eigenvalue weighted by Crippen LogP contribution is 2.24. The topological polar surface area (TPSA) is 113 Å². The molecule has 11 heteroatoms. The van der Waals surface area contributed by atoms with E-state index in [2.05, 4.69) is 32.5 Å². The van der Waals surface area contributed by atoms with Crippen molar-refractivity contribution in [2.75, 3.05) is 19.6 Å². The molecule has 1 atom stereocenters. The fourth-order valence-electron chi connectivity index (χ4n) is 3.45. The number of nitrogens with one attached hydrogen (secondary N) is 2. The molecule has 0 saturated carbocycles. The Bertz CT molecular complexity index is 1200. The zero-order valence-electron chi connectivity index (χ0n) is 17.9. The van der Waals surface area contributed by atoms with Crippen LogP contribution in [0.1, 0.15) is 17.5 Å². The first-order chi connectivity index (χ1) is 15.6. The van der Waals surface area contributed by atoms with Crippen molar-refractivity contribution in [3.63, 3.8) is 0 Å². The van der Waals surface area contributed by atoms with Gasteiger partial charge in [-0.25, -0.2) is 21.6 Å². The lowest BCUT2D eigenvalue weighted by Crippen LogP contribution is -2.32. The van der Waals surface area contributed by atoms with Crippen molar-refractivity contribution in [2.24, 2.45) is 5.92 Å². The highest BCUT2D eigenvalue weighted by molar-refractivity contribution is 9.10. The predicted octanol–water partition coefficient (Wildman–Crippen LogP) is 2.38. The van der Waals surface area contributed by atoms with Crippen LogP contribution in [-0.4, -0.2) is 46.7 Å². The Morgan fingerprint density at radius 3 is 2.33 bits per heavy atom. The lowest BCUT2D eigenvalue weighted by molar-refractivity contribution is -0.120. The third-order valence-electron chi connectivity index (χ3n) is 5.37. The summed E-state index contributed by atoms with van der Waals surface area (Å²) in [7, 11) is -7.23. The van der Waals surface area contributed by atoms with Gasteiger partial charge in [0.05, 0.1) is 11.3 Å². The van der Waals surface area contributed by atoms with Crippen LogP contribution in [0.3, 0.4) is 0 Å². The van der Waals surface area contributed by atoms with Gasteiger partial charge in [0, 0.05) is 36.1 Å². The lowest BCUT2D eigenvalue weighted by atomic mass is 10.1. The number of hydrogen-bond donors (Lipinski definition) is 2. The summed E-state index contributed by atoms with van der Waals surface area (Å²) in [5.74, 6) is -0.263. The quantitative estimate of drug-likeness (QED) is 0.467. The van der Waals surface area contributed by atoms with Crippen molar-refractivity contribution in [1.29, 1.82) is 0 Å². The van der Waals surface area contributed by atoms with Crippen molar-refractivity contribution >= 4 is 41.9 Å². The molecule has 2 N–H and O–H groups in total. The van der Waals surface area contributed by atoms with E-state index in [1.807, 2.05) is 24.3 Å². The number of carbonyl (C=O) groups is 1. The van der Waals surface area contributed by atoms with Crippen LogP contribution in [0.5, 0.6) is 0 Å². The minimum absolute atomic E-state index is 0.108. The number of halogens is 1. The molecule has 0 spiro atoms. The highest BCUT2D eigenvalue weighted by atomic mass is 79.9. The second kappa shape index (κ2) is 10.9. The monoisotopic (exact) mass is 555 g/mol. The predicted molar refractivity (Wildman–Crippen MR) is 130 cm³/mol. The van der Waals surface area contributed by atoms with E-state index in [9.17, 15) is 21.6 Å². The van der Waals surface area contributed by atoms with Gasteiger partial charge in [-0.05, 0) is 47.7 Å². The van der Waals surface area contributed by atoms with Gasteiger partial charge in [0.15, 0.2) is 0 Å². The third-order valence-corrected chi connectivity index (χ3v) is 8.79. The Morgan fingerprint density at radius 1 is 1.06 bits per heavy atom. The van der Waals surface area contributed by atoms with Crippen LogP contribution >= 0.6 is 15.9 Å². The van der Waals surface area contributed by atoms with Crippen molar-refractivity contribution in [3.05, 3.63) is 76.1 Å². The molecule has 8 nitrogen and oxygen atoms in total. The zero-order valence-corrected chi connectivity index (χ0v) is 21.1. The molecule has 1 aliphatic rings. The van der Waals surface area contributed by atoms with Gasteiger partial charge < -0.3 is 5.32 Å². The molecule has 178 valence electrons. The lowest BCUT2D eigenvalue weighted by Gasteiger charge is -2.17. The van der Waals surface area contributed by atoms with Crippen LogP contribution in [0.15, 0.2) is 69.9 Å². The Morgan fingerprint density at radius 2 is 1.70 bits per heavy atom. The van der Waals surface area contributed by atoms with Gasteiger partial charge in [0.2, 0.25) is 26.0 Å². The summed E-state index contributed by atoms with van der Waals surface area (Å²) in [6.07, 6.45) is 0.710. The Balaban J connectivity index is 1.53. The second-order valence-electron chi connectivity index (χ2n) is 7.80. The van der Waals surface area contributed by atoms with Gasteiger partial charge in [-0.2, -0.15) is 4.31 Å². The fourth-order valence-corrected chi connectivity index (χ4v) is 5.84. The van der Waals surface area contributed by atoms with Crippen molar-refractivity contribution in [1.82, 2.24) is 14.3 Å². The molecule has 1 fully saturated rings. The maximum Gasteiger partial charge on any atom is 0.243 e. The van der Waals surface area contributed by atoms with Crippen molar-refractivity contribution in [3.8, 4) is 0 Å². The number of nitrogens with zero attached hydrogens (tertiary/aromatic N) is 1. The SMILES string of the molecule is C=CS(=O)(=O)NC[C@H]1CCN(S(=O)(=O)c2ccc(CC(=O)NCc3ccc(Br)cc3)cc2)C1. The number of carbonyl (C=O) groups excluding carboxylic acids is 1. The van der Waals surface area contributed by atoms with E-state index in [1.54, 1.807) is 12.1 Å². The molecule has 1 amide bonds. The number of rotatable bonds is 10. The van der Waals surface area contributed by atoms with E-state index in [1.165, 1.54) is 16.4 Å². The molecule has 1 heterocycles. The maximum absolute atomic E-state index is 12.9. The molecule has 2 aromatic carbocycles. The van der Waals surface area contributed by atoms with Crippen molar-refractivity contribution < 1.29 is 21.6 Å². The minimum Gasteiger partial charge on any atom is -0.352 e. The summed E-state index contributed by atoms with van der Waals surface area (Å²) in [4.78, 5) is 12.4. The molecule has 3 rings (SSSR count). The molecule has 1 aliphatic heterocycles. The molecule has 0 unspecified atom stereocenters. The summed E-state index contributed by atoms with van der Waals surface area (Å²) < 4.78 is 53.6. The molecular formula is C22H26BrN3O5S2. The first-order valence-electron chi connectivity index (χ1n) is 10.3. The molecule has 0 bridgehead atoms. The first-order valence-corrected chi connectivity index (χ1v) is 14.1. The van der Waals surface area contributed by atoms with Crippen LogP contribution in [0.4, 0.5) is 0 Å². The van der Waals surface area contributed by atoms with Crippen LogP contribution in [0, 0.1) is 5.92 Å². The summed E-state index contributed by atoms with van der Waals surface area (Å²) in [5.41, 5.74) is 1.69. The van der Waals surface area contributed by atoms with E-state index in [-0.39, 0.29) is 36.2 Å². The summed E-state index contributed by atoms with van der Waals surface area (Å²) >= 11 is 3.37. The summed E-state index contributed by atoms with van der Waals surface area (Å²) in [5, 5.41) is 3.68. The Kier molecular flexibility index (Phi) is 8.46. The molecule has 2 aromatic rings. The van der Waals surface area contributed by atoms with Crippen LogP contribution in [-0.2, 0) is 37.8 Å². The number of amides is 1. The van der Waals surface area contributed by atoms with Gasteiger partial charge in [0.25, 0.3) is 0 Å². The normalized spacial score (nSPS) is 17.1. The van der Waals surface area contributed by atoms with Crippen LogP contribution in [0.2, 0.25) is 0 Å².